The third kappa shape index (κ3) is 3.68. The van der Waals surface area contributed by atoms with E-state index >= 15 is 0 Å². The molecule has 2 aromatic rings. The zero-order chi connectivity index (χ0) is 19.7. The van der Waals surface area contributed by atoms with Gasteiger partial charge in [-0.15, -0.1) is 0 Å². The molecule has 150 valence electrons. The van der Waals surface area contributed by atoms with Gasteiger partial charge in [-0.05, 0) is 19.3 Å². The van der Waals surface area contributed by atoms with Crippen molar-refractivity contribution in [2.75, 3.05) is 19.6 Å². The van der Waals surface area contributed by atoms with Gasteiger partial charge in [-0.1, -0.05) is 0 Å². The summed E-state index contributed by atoms with van der Waals surface area (Å²) in [5, 5.41) is 8.77. The van der Waals surface area contributed by atoms with Gasteiger partial charge in [-0.2, -0.15) is 10.2 Å². The van der Waals surface area contributed by atoms with Crippen LogP contribution in [-0.4, -0.2) is 60.8 Å². The van der Waals surface area contributed by atoms with Crippen LogP contribution in [0, 0.1) is 0 Å². The van der Waals surface area contributed by atoms with E-state index in [2.05, 4.69) is 10.2 Å². The van der Waals surface area contributed by atoms with E-state index < -0.39 is 0 Å². The summed E-state index contributed by atoms with van der Waals surface area (Å²) in [6.45, 7) is 2.98. The van der Waals surface area contributed by atoms with E-state index in [-0.39, 0.29) is 11.8 Å². The minimum absolute atomic E-state index is 0.00190. The number of fused-ring (bicyclic) bond motifs is 1. The number of nitrogens with zero attached hydrogens (tertiary/aromatic N) is 6. The second kappa shape index (κ2) is 7.77. The minimum atomic E-state index is -0.00190. The summed E-state index contributed by atoms with van der Waals surface area (Å²) in [4.78, 5) is 29.2. The van der Waals surface area contributed by atoms with E-state index in [1.54, 1.807) is 17.1 Å². The molecule has 2 aromatic heterocycles. The van der Waals surface area contributed by atoms with E-state index in [1.165, 1.54) is 12.1 Å². The summed E-state index contributed by atoms with van der Waals surface area (Å²) in [5.74, 6) is 0.219. The lowest BCUT2D eigenvalue weighted by Gasteiger charge is -2.28. The maximum Gasteiger partial charge on any atom is 0.257 e. The predicted octanol–water partition coefficient (Wildman–Crippen LogP) is 1.30. The Labute approximate surface area is 165 Å². The van der Waals surface area contributed by atoms with Gasteiger partial charge in [0, 0.05) is 77.0 Å². The monoisotopic (exact) mass is 384 g/mol. The number of carbonyl (C=O) groups excluding carboxylic acids is 2. The maximum atomic E-state index is 12.8. The molecule has 0 unspecified atom stereocenters. The molecule has 4 heterocycles. The normalized spacial score (nSPS) is 16.9. The molecule has 4 rings (SSSR count). The molecule has 2 amide bonds. The van der Waals surface area contributed by atoms with Crippen LogP contribution in [0.4, 0.5) is 0 Å². The first-order chi connectivity index (χ1) is 13.5. The number of amides is 2. The summed E-state index contributed by atoms with van der Waals surface area (Å²) in [6, 6.07) is 0. The number of aryl methyl sites for hydroxylation is 3. The first-order valence-corrected chi connectivity index (χ1v) is 10.1. The Morgan fingerprint density at radius 3 is 2.57 bits per heavy atom. The van der Waals surface area contributed by atoms with Crippen LogP contribution in [0.25, 0.3) is 0 Å². The minimum Gasteiger partial charge on any atom is -0.343 e. The molecule has 0 saturated carbocycles. The van der Waals surface area contributed by atoms with Crippen molar-refractivity contribution in [2.24, 2.45) is 14.1 Å². The van der Waals surface area contributed by atoms with Gasteiger partial charge in [0.25, 0.3) is 5.91 Å². The highest BCUT2D eigenvalue weighted by molar-refractivity contribution is 5.93. The third-order valence-corrected chi connectivity index (χ3v) is 5.85. The number of piperidine rings is 1. The van der Waals surface area contributed by atoms with Crippen LogP contribution < -0.4 is 0 Å². The zero-order valence-corrected chi connectivity index (χ0v) is 16.7. The van der Waals surface area contributed by atoms with Gasteiger partial charge in [-0.3, -0.25) is 19.0 Å². The van der Waals surface area contributed by atoms with Gasteiger partial charge < -0.3 is 9.80 Å². The lowest BCUT2D eigenvalue weighted by Crippen LogP contribution is -2.36. The molecule has 0 aromatic carbocycles. The third-order valence-electron chi connectivity index (χ3n) is 5.85. The topological polar surface area (TPSA) is 76.3 Å². The molecular weight excluding hydrogens is 356 g/mol. The van der Waals surface area contributed by atoms with E-state index in [1.807, 2.05) is 28.6 Å². The summed E-state index contributed by atoms with van der Waals surface area (Å²) < 4.78 is 3.56. The van der Waals surface area contributed by atoms with Crippen molar-refractivity contribution < 1.29 is 9.59 Å². The molecule has 0 N–H and O–H groups in total. The molecule has 0 spiro atoms. The Morgan fingerprint density at radius 1 is 1.07 bits per heavy atom. The van der Waals surface area contributed by atoms with Crippen molar-refractivity contribution >= 4 is 11.8 Å². The Bertz CT molecular complexity index is 877. The summed E-state index contributed by atoms with van der Waals surface area (Å²) >= 11 is 0. The molecule has 2 aliphatic heterocycles. The molecular formula is C20H28N6O2. The second-order valence-corrected chi connectivity index (χ2v) is 7.82. The Kier molecular flexibility index (Phi) is 5.19. The van der Waals surface area contributed by atoms with Crippen molar-refractivity contribution in [3.05, 3.63) is 34.9 Å². The Hall–Kier alpha value is -2.64. The maximum absolute atomic E-state index is 12.8. The quantitative estimate of drug-likeness (QED) is 0.796. The highest BCUT2D eigenvalue weighted by Crippen LogP contribution is 2.24. The fourth-order valence-corrected chi connectivity index (χ4v) is 4.28. The number of hydrogen-bond acceptors (Lipinski definition) is 4. The van der Waals surface area contributed by atoms with Crippen molar-refractivity contribution in [1.82, 2.24) is 29.4 Å². The van der Waals surface area contributed by atoms with Gasteiger partial charge in [0.15, 0.2) is 0 Å². The van der Waals surface area contributed by atoms with Crippen LogP contribution in [0.2, 0.25) is 0 Å². The Balaban J connectivity index is 1.45. The van der Waals surface area contributed by atoms with E-state index in [0.29, 0.717) is 31.5 Å². The molecule has 0 bridgehead atoms. The Morgan fingerprint density at radius 2 is 1.86 bits per heavy atom. The van der Waals surface area contributed by atoms with Crippen molar-refractivity contribution in [3.8, 4) is 0 Å². The number of carbonyl (C=O) groups is 2. The fraction of sp³-hybridized carbons (Fsp3) is 0.600. The molecule has 8 nitrogen and oxygen atoms in total. The van der Waals surface area contributed by atoms with E-state index in [0.717, 1.165) is 43.6 Å². The van der Waals surface area contributed by atoms with Crippen LogP contribution in [0.1, 0.15) is 53.0 Å². The zero-order valence-electron chi connectivity index (χ0n) is 16.7. The van der Waals surface area contributed by atoms with Crippen LogP contribution in [-0.2, 0) is 38.3 Å². The van der Waals surface area contributed by atoms with Crippen molar-refractivity contribution in [3.63, 3.8) is 0 Å². The standard InChI is InChI=1S/C20H28N6O2/c1-23-13-15(12-21-23)20(28)26-11-8-18-16(14-26)17(22-24(18)2)6-7-19(27)25-9-4-3-5-10-25/h12-13H,3-11,14H2,1-2H3. The van der Waals surface area contributed by atoms with E-state index in [4.69, 9.17) is 0 Å². The smallest absolute Gasteiger partial charge is 0.257 e. The van der Waals surface area contributed by atoms with Crippen molar-refractivity contribution in [1.29, 1.82) is 0 Å². The highest BCUT2D eigenvalue weighted by Gasteiger charge is 2.28. The molecule has 1 fully saturated rings. The molecule has 8 heteroatoms. The van der Waals surface area contributed by atoms with Gasteiger partial charge >= 0.3 is 0 Å². The SMILES string of the molecule is Cn1cc(C(=O)N2CCc3c(c(CCC(=O)N4CCCCC4)nn3C)C2)cn1. The molecule has 28 heavy (non-hydrogen) atoms. The second-order valence-electron chi connectivity index (χ2n) is 7.82. The number of rotatable bonds is 4. The highest BCUT2D eigenvalue weighted by atomic mass is 16.2. The largest absolute Gasteiger partial charge is 0.343 e. The molecule has 0 aliphatic carbocycles. The average Bonchev–Trinajstić information content (AvgIpc) is 3.29. The molecule has 1 saturated heterocycles. The number of hydrogen-bond donors (Lipinski definition) is 0. The van der Waals surface area contributed by atoms with Crippen LogP contribution >= 0.6 is 0 Å². The van der Waals surface area contributed by atoms with E-state index in [9.17, 15) is 9.59 Å². The molecule has 0 atom stereocenters. The van der Waals surface area contributed by atoms with Gasteiger partial charge in [-0.25, -0.2) is 0 Å². The van der Waals surface area contributed by atoms with Crippen LogP contribution in [0.5, 0.6) is 0 Å². The summed E-state index contributed by atoms with van der Waals surface area (Å²) in [5.41, 5.74) is 3.84. The summed E-state index contributed by atoms with van der Waals surface area (Å²) in [6.07, 6.45) is 8.70. The van der Waals surface area contributed by atoms with Crippen LogP contribution in [0.15, 0.2) is 12.4 Å². The van der Waals surface area contributed by atoms with Gasteiger partial charge in [0.05, 0.1) is 17.5 Å². The van der Waals surface area contributed by atoms with Crippen molar-refractivity contribution in [2.45, 2.75) is 45.1 Å². The first kappa shape index (κ1) is 18.7. The molecule has 2 aliphatic rings. The van der Waals surface area contributed by atoms with Gasteiger partial charge in [0.1, 0.15) is 0 Å². The number of aromatic nitrogens is 4. The van der Waals surface area contributed by atoms with Gasteiger partial charge in [0.2, 0.25) is 5.91 Å². The average molecular weight is 384 g/mol. The lowest BCUT2D eigenvalue weighted by molar-refractivity contribution is -0.132. The summed E-state index contributed by atoms with van der Waals surface area (Å²) in [7, 11) is 3.76. The lowest BCUT2D eigenvalue weighted by atomic mass is 10.0. The fourth-order valence-electron chi connectivity index (χ4n) is 4.28. The number of likely N-dealkylation sites (tertiary alicyclic amines) is 1. The first-order valence-electron chi connectivity index (χ1n) is 10.1. The molecule has 0 radical (unpaired) electrons. The van der Waals surface area contributed by atoms with Crippen LogP contribution in [0.3, 0.4) is 0 Å². The predicted molar refractivity (Wildman–Crippen MR) is 104 cm³/mol.